The fourth-order valence-corrected chi connectivity index (χ4v) is 6.82. The lowest BCUT2D eigenvalue weighted by Gasteiger charge is -2.32. The van der Waals surface area contributed by atoms with E-state index in [1.807, 2.05) is 19.1 Å². The Labute approximate surface area is 206 Å². The molecule has 34 heavy (non-hydrogen) atoms. The predicted octanol–water partition coefficient (Wildman–Crippen LogP) is 3.83. The van der Waals surface area contributed by atoms with E-state index in [1.54, 1.807) is 6.20 Å². The van der Waals surface area contributed by atoms with Crippen molar-refractivity contribution >= 4 is 44.2 Å². The summed E-state index contributed by atoms with van der Waals surface area (Å²) in [4.78, 5) is 33.3. The van der Waals surface area contributed by atoms with E-state index in [1.165, 1.54) is 27.0 Å². The van der Waals surface area contributed by atoms with Crippen LogP contribution in [0.3, 0.4) is 0 Å². The molecular weight excluding hydrogens is 472 g/mol. The smallest absolute Gasteiger partial charge is 0.328 e. The average molecular weight is 499 g/mol. The lowest BCUT2D eigenvalue weighted by molar-refractivity contribution is 0.326. The molecule has 1 aliphatic heterocycles. The van der Waals surface area contributed by atoms with E-state index < -0.39 is 0 Å². The van der Waals surface area contributed by atoms with E-state index in [4.69, 9.17) is 4.74 Å². The number of rotatable bonds is 5. The minimum absolute atomic E-state index is 0. The van der Waals surface area contributed by atoms with Crippen molar-refractivity contribution in [1.82, 2.24) is 19.9 Å². The molecule has 4 heterocycles. The first-order valence-electron chi connectivity index (χ1n) is 11.6. The first kappa shape index (κ1) is 23.1. The molecule has 3 atom stereocenters. The number of benzene rings is 1. The SMILES string of the molecule is CCOc1cccc2c1CC[C@H]1CNC(CCn3c(=O)[nH]c4c(sc5cccnc54)c3=O)[C@@H]21.Cl. The van der Waals surface area contributed by atoms with Crippen molar-refractivity contribution in [1.29, 1.82) is 0 Å². The molecule has 0 saturated carbocycles. The summed E-state index contributed by atoms with van der Waals surface area (Å²) >= 11 is 1.39. The van der Waals surface area contributed by atoms with Crippen LogP contribution in [0.2, 0.25) is 0 Å². The number of thiophene rings is 1. The third kappa shape index (κ3) is 3.65. The van der Waals surface area contributed by atoms with E-state index >= 15 is 0 Å². The predicted molar refractivity (Wildman–Crippen MR) is 138 cm³/mol. The van der Waals surface area contributed by atoms with E-state index in [-0.39, 0.29) is 29.7 Å². The largest absolute Gasteiger partial charge is 0.494 e. The van der Waals surface area contributed by atoms with Crippen LogP contribution in [-0.4, -0.2) is 33.7 Å². The van der Waals surface area contributed by atoms with Gasteiger partial charge in [0.2, 0.25) is 0 Å². The third-order valence-corrected chi connectivity index (χ3v) is 8.34. The maximum Gasteiger partial charge on any atom is 0.328 e. The fraction of sp³-hybridized carbons (Fsp3) is 0.400. The number of nitrogens with one attached hydrogen (secondary N) is 2. The Morgan fingerprint density at radius 1 is 1.24 bits per heavy atom. The molecule has 0 spiro atoms. The molecule has 6 rings (SSSR count). The lowest BCUT2D eigenvalue weighted by Crippen LogP contribution is -2.37. The first-order chi connectivity index (χ1) is 16.2. The molecule has 1 aromatic carbocycles. The Morgan fingerprint density at radius 3 is 2.97 bits per heavy atom. The topological polar surface area (TPSA) is 89.0 Å². The molecule has 2 aliphatic rings. The van der Waals surface area contributed by atoms with Crippen LogP contribution < -0.4 is 21.3 Å². The van der Waals surface area contributed by atoms with Gasteiger partial charge in [-0.25, -0.2) is 4.79 Å². The number of H-pyrrole nitrogens is 1. The summed E-state index contributed by atoms with van der Waals surface area (Å²) in [6.45, 7) is 4.03. The van der Waals surface area contributed by atoms with Gasteiger partial charge in [-0.3, -0.25) is 14.3 Å². The van der Waals surface area contributed by atoms with Crippen molar-refractivity contribution < 1.29 is 4.74 Å². The number of aromatic amines is 1. The Balaban J connectivity index is 0.00000241. The van der Waals surface area contributed by atoms with Gasteiger partial charge in [0, 0.05) is 24.7 Å². The summed E-state index contributed by atoms with van der Waals surface area (Å²) in [7, 11) is 0. The Bertz CT molecular complexity index is 1480. The van der Waals surface area contributed by atoms with Gasteiger partial charge in [-0.05, 0) is 68.0 Å². The molecule has 9 heteroatoms. The highest BCUT2D eigenvalue weighted by Gasteiger charge is 2.40. The van der Waals surface area contributed by atoms with Crippen LogP contribution in [0.1, 0.15) is 36.8 Å². The molecule has 1 saturated heterocycles. The molecule has 2 N–H and O–H groups in total. The summed E-state index contributed by atoms with van der Waals surface area (Å²) in [6.07, 6.45) is 4.57. The summed E-state index contributed by atoms with van der Waals surface area (Å²) in [5.41, 5.74) is 3.32. The second-order valence-electron chi connectivity index (χ2n) is 8.93. The highest BCUT2D eigenvalue weighted by atomic mass is 35.5. The van der Waals surface area contributed by atoms with E-state index in [0.29, 0.717) is 40.7 Å². The molecule has 1 aliphatic carbocycles. The zero-order valence-corrected chi connectivity index (χ0v) is 20.5. The highest BCUT2D eigenvalue weighted by molar-refractivity contribution is 7.25. The zero-order chi connectivity index (χ0) is 22.5. The summed E-state index contributed by atoms with van der Waals surface area (Å²) in [6, 6.07) is 10.4. The molecule has 0 amide bonds. The van der Waals surface area contributed by atoms with Crippen molar-refractivity contribution in [3.8, 4) is 5.75 Å². The van der Waals surface area contributed by atoms with Crippen LogP contribution in [0.5, 0.6) is 5.75 Å². The summed E-state index contributed by atoms with van der Waals surface area (Å²) < 4.78 is 8.72. The van der Waals surface area contributed by atoms with Crippen LogP contribution in [-0.2, 0) is 13.0 Å². The average Bonchev–Trinajstić information content (AvgIpc) is 3.41. The van der Waals surface area contributed by atoms with Crippen LogP contribution in [0.4, 0.5) is 0 Å². The van der Waals surface area contributed by atoms with Gasteiger partial charge < -0.3 is 15.0 Å². The Hall–Kier alpha value is -2.68. The Kier molecular flexibility index (Phi) is 6.22. The molecule has 0 bridgehead atoms. The number of fused-ring (bicyclic) bond motifs is 6. The fourth-order valence-electron chi connectivity index (χ4n) is 5.76. The van der Waals surface area contributed by atoms with Crippen LogP contribution in [0.25, 0.3) is 20.4 Å². The summed E-state index contributed by atoms with van der Waals surface area (Å²) in [5.74, 6) is 1.95. The first-order valence-corrected chi connectivity index (χ1v) is 12.5. The van der Waals surface area contributed by atoms with E-state index in [0.717, 1.165) is 36.3 Å². The van der Waals surface area contributed by atoms with Crippen LogP contribution in [0.15, 0.2) is 46.1 Å². The molecule has 0 radical (unpaired) electrons. The molecule has 1 fully saturated rings. The quantitative estimate of drug-likeness (QED) is 0.436. The van der Waals surface area contributed by atoms with Crippen molar-refractivity contribution in [2.24, 2.45) is 5.92 Å². The molecular formula is C25H27ClN4O3S. The van der Waals surface area contributed by atoms with Crippen LogP contribution in [0, 0.1) is 5.92 Å². The minimum atomic E-state index is -0.366. The van der Waals surface area contributed by atoms with Gasteiger partial charge in [0.25, 0.3) is 5.56 Å². The van der Waals surface area contributed by atoms with Gasteiger partial charge in [-0.1, -0.05) is 12.1 Å². The van der Waals surface area contributed by atoms with Crippen LogP contribution >= 0.6 is 23.7 Å². The van der Waals surface area contributed by atoms with Gasteiger partial charge in [0.1, 0.15) is 16.0 Å². The number of hydrogen-bond donors (Lipinski definition) is 2. The zero-order valence-electron chi connectivity index (χ0n) is 18.9. The second-order valence-corrected chi connectivity index (χ2v) is 9.98. The number of halogens is 1. The van der Waals surface area contributed by atoms with E-state index in [2.05, 4.69) is 33.5 Å². The van der Waals surface area contributed by atoms with Gasteiger partial charge >= 0.3 is 5.69 Å². The summed E-state index contributed by atoms with van der Waals surface area (Å²) in [5, 5.41) is 3.68. The lowest BCUT2D eigenvalue weighted by atomic mass is 9.73. The monoisotopic (exact) mass is 498 g/mol. The molecule has 178 valence electrons. The molecule has 4 aromatic rings. The molecule has 3 aromatic heterocycles. The maximum absolute atomic E-state index is 13.2. The number of aromatic nitrogens is 3. The highest BCUT2D eigenvalue weighted by Crippen LogP contribution is 2.45. The second kappa shape index (κ2) is 9.17. The standard InChI is InChI=1S/C25H26N4O3S.ClH/c1-2-32-18-6-3-5-16-15(18)9-8-14-13-27-17(20(14)16)10-12-29-24(30)23-22(28-25(29)31)21-19(33-23)7-4-11-26-21;/h3-7,11,14,17,20,27H,2,8-10,12-13H2,1H3,(H,28,31);1H/t14-,17?,20+;/m0./s1. The third-order valence-electron chi connectivity index (χ3n) is 7.20. The molecule has 1 unspecified atom stereocenters. The Morgan fingerprint density at radius 2 is 2.12 bits per heavy atom. The van der Waals surface area contributed by atoms with Gasteiger partial charge in [0.15, 0.2) is 0 Å². The van der Waals surface area contributed by atoms with Gasteiger partial charge in [-0.2, -0.15) is 0 Å². The van der Waals surface area contributed by atoms with E-state index in [9.17, 15) is 9.59 Å². The van der Waals surface area contributed by atoms with Gasteiger partial charge in [-0.15, -0.1) is 23.7 Å². The number of nitrogens with zero attached hydrogens (tertiary/aromatic N) is 2. The number of pyridine rings is 1. The number of ether oxygens (including phenoxy) is 1. The normalized spacial score (nSPS) is 21.3. The number of hydrogen-bond acceptors (Lipinski definition) is 6. The van der Waals surface area contributed by atoms with Gasteiger partial charge in [0.05, 0.1) is 16.8 Å². The minimum Gasteiger partial charge on any atom is -0.494 e. The van der Waals surface area contributed by atoms with Crippen molar-refractivity contribution in [2.75, 3.05) is 13.2 Å². The van der Waals surface area contributed by atoms with Crippen molar-refractivity contribution in [2.45, 2.75) is 44.7 Å². The maximum atomic E-state index is 13.2. The van der Waals surface area contributed by atoms with Crippen molar-refractivity contribution in [3.63, 3.8) is 0 Å². The van der Waals surface area contributed by atoms with Crippen molar-refractivity contribution in [3.05, 3.63) is 68.5 Å². The molecule has 7 nitrogen and oxygen atoms in total.